The van der Waals surface area contributed by atoms with E-state index in [9.17, 15) is 9.59 Å². The monoisotopic (exact) mass is 434 g/mol. The fourth-order valence-corrected chi connectivity index (χ4v) is 3.54. The normalized spacial score (nSPS) is 11.0. The lowest BCUT2D eigenvalue weighted by molar-refractivity contribution is 0.0701. The van der Waals surface area contributed by atoms with Gasteiger partial charge in [-0.3, -0.25) is 24.5 Å². The van der Waals surface area contributed by atoms with Gasteiger partial charge >= 0.3 is 0 Å². The Morgan fingerprint density at radius 3 is 2.66 bits per heavy atom. The molecule has 4 aromatic rings. The lowest BCUT2D eigenvalue weighted by Gasteiger charge is -2.12. The Bertz CT molecular complexity index is 1360. The molecule has 4 rings (SSSR count). The maximum atomic E-state index is 12.8. The number of amides is 1. The first-order valence-corrected chi connectivity index (χ1v) is 10.1. The molecule has 0 unspecified atom stereocenters. The highest BCUT2D eigenvalue weighted by Gasteiger charge is 2.18. The average Bonchev–Trinajstić information content (AvgIpc) is 3.15. The molecule has 10 heteroatoms. The van der Waals surface area contributed by atoms with Crippen LogP contribution in [0.1, 0.15) is 30.0 Å². The van der Waals surface area contributed by atoms with Gasteiger partial charge in [-0.15, -0.1) is 0 Å². The predicted molar refractivity (Wildman–Crippen MR) is 118 cm³/mol. The van der Waals surface area contributed by atoms with Crippen molar-refractivity contribution in [3.63, 3.8) is 0 Å². The van der Waals surface area contributed by atoms with Gasteiger partial charge in [0.15, 0.2) is 5.52 Å². The molecule has 0 radical (unpaired) electrons. The summed E-state index contributed by atoms with van der Waals surface area (Å²) in [6.07, 6.45) is 2.17. The van der Waals surface area contributed by atoms with Crippen LogP contribution in [0, 0.1) is 0 Å². The maximum absolute atomic E-state index is 12.8. The Morgan fingerprint density at radius 2 is 2.00 bits per heavy atom. The molecule has 1 aromatic carbocycles. The first-order chi connectivity index (χ1) is 15.5. The summed E-state index contributed by atoms with van der Waals surface area (Å²) in [6.45, 7) is 4.28. The van der Waals surface area contributed by atoms with Gasteiger partial charge in [-0.05, 0) is 37.1 Å². The van der Waals surface area contributed by atoms with E-state index in [2.05, 4.69) is 15.1 Å². The summed E-state index contributed by atoms with van der Waals surface area (Å²) in [5.74, 6) is 0.256. The highest BCUT2D eigenvalue weighted by molar-refractivity contribution is 5.91. The number of hydrogen-bond acceptors (Lipinski definition) is 7. The van der Waals surface area contributed by atoms with Crippen molar-refractivity contribution in [2.75, 3.05) is 6.61 Å². The molecule has 1 amide bonds. The Hall–Kier alpha value is -4.05. The topological polar surface area (TPSA) is 135 Å². The zero-order valence-electron chi connectivity index (χ0n) is 17.8. The highest BCUT2D eigenvalue weighted by Crippen LogP contribution is 2.33. The number of aromatic amines is 1. The van der Waals surface area contributed by atoms with Crippen LogP contribution in [0.25, 0.3) is 33.5 Å². The van der Waals surface area contributed by atoms with Gasteiger partial charge in [-0.25, -0.2) is 10.5 Å². The van der Waals surface area contributed by atoms with Crippen molar-refractivity contribution >= 4 is 16.9 Å². The van der Waals surface area contributed by atoms with Crippen molar-refractivity contribution in [2.24, 2.45) is 7.05 Å². The van der Waals surface area contributed by atoms with Crippen molar-refractivity contribution in [1.82, 2.24) is 30.2 Å². The summed E-state index contributed by atoms with van der Waals surface area (Å²) >= 11 is 0. The van der Waals surface area contributed by atoms with E-state index in [1.54, 1.807) is 29.3 Å². The summed E-state index contributed by atoms with van der Waals surface area (Å²) in [4.78, 5) is 36.0. The summed E-state index contributed by atoms with van der Waals surface area (Å²) in [5.41, 5.74) is 5.22. The minimum absolute atomic E-state index is 0.0857. The lowest BCUT2D eigenvalue weighted by Crippen LogP contribution is -2.19. The van der Waals surface area contributed by atoms with E-state index in [0.29, 0.717) is 41.2 Å². The third kappa shape index (κ3) is 3.71. The number of rotatable bonds is 6. The number of ether oxygens (including phenoxy) is 1. The molecule has 0 atom stereocenters. The molecule has 3 heterocycles. The molecular formula is C22H22N6O4. The molecule has 0 fully saturated rings. The zero-order chi connectivity index (χ0) is 22.8. The summed E-state index contributed by atoms with van der Waals surface area (Å²) < 4.78 is 7.32. The van der Waals surface area contributed by atoms with E-state index in [0.717, 1.165) is 16.8 Å². The molecule has 3 aromatic heterocycles. The van der Waals surface area contributed by atoms with Gasteiger partial charge in [0.05, 0.1) is 17.9 Å². The number of hydrogen-bond donors (Lipinski definition) is 3. The molecule has 0 saturated carbocycles. The van der Waals surface area contributed by atoms with E-state index in [4.69, 9.17) is 14.9 Å². The first kappa shape index (κ1) is 21.2. The SMILES string of the molecule is CCOc1ccc(-c2ccc(C(=O)NO)nc2)cc1-c1nc2c(CC)nn(C)c2c(=O)[nH]1. The largest absolute Gasteiger partial charge is 0.493 e. The minimum Gasteiger partial charge on any atom is -0.493 e. The van der Waals surface area contributed by atoms with Crippen LogP contribution in [0.15, 0.2) is 41.3 Å². The van der Waals surface area contributed by atoms with Crippen LogP contribution in [0.4, 0.5) is 0 Å². The Kier molecular flexibility index (Phi) is 5.69. The van der Waals surface area contributed by atoms with Crippen LogP contribution in [-0.4, -0.2) is 42.5 Å². The number of carbonyl (C=O) groups is 1. The quantitative estimate of drug-likeness (QED) is 0.313. The second-order valence-electron chi connectivity index (χ2n) is 7.05. The summed E-state index contributed by atoms with van der Waals surface area (Å²) in [7, 11) is 1.72. The number of nitrogens with zero attached hydrogens (tertiary/aromatic N) is 4. The standard InChI is InChI=1S/C22H22N6O4/c1-4-15-18-19(28(3)26-15)22(30)25-20(24-18)14-10-12(7-9-17(14)32-5-2)13-6-8-16(23-11-13)21(29)27-31/h6-11,31H,4-5H2,1-3H3,(H,27,29)(H,24,25,30). The van der Waals surface area contributed by atoms with Crippen LogP contribution < -0.4 is 15.8 Å². The molecule has 0 spiro atoms. The van der Waals surface area contributed by atoms with Crippen LogP contribution >= 0.6 is 0 Å². The number of aryl methyl sites for hydroxylation is 2. The van der Waals surface area contributed by atoms with Crippen LogP contribution in [-0.2, 0) is 13.5 Å². The van der Waals surface area contributed by atoms with Gasteiger partial charge in [-0.2, -0.15) is 5.10 Å². The van der Waals surface area contributed by atoms with Gasteiger partial charge in [0.1, 0.15) is 22.8 Å². The van der Waals surface area contributed by atoms with Crippen molar-refractivity contribution in [3.05, 3.63) is 58.3 Å². The van der Waals surface area contributed by atoms with Crippen molar-refractivity contribution in [2.45, 2.75) is 20.3 Å². The van der Waals surface area contributed by atoms with Gasteiger partial charge in [0, 0.05) is 18.8 Å². The van der Waals surface area contributed by atoms with Crippen molar-refractivity contribution < 1.29 is 14.7 Å². The molecular weight excluding hydrogens is 412 g/mol. The van der Waals surface area contributed by atoms with E-state index in [-0.39, 0.29) is 11.3 Å². The number of carbonyl (C=O) groups excluding carboxylic acids is 1. The second kappa shape index (κ2) is 8.60. The van der Waals surface area contributed by atoms with Crippen LogP contribution in [0.5, 0.6) is 5.75 Å². The average molecular weight is 434 g/mol. The van der Waals surface area contributed by atoms with Gasteiger partial charge in [0.25, 0.3) is 11.5 Å². The molecule has 3 N–H and O–H groups in total. The summed E-state index contributed by atoms with van der Waals surface area (Å²) in [6, 6.07) is 8.73. The van der Waals surface area contributed by atoms with Gasteiger partial charge in [0.2, 0.25) is 0 Å². The second-order valence-corrected chi connectivity index (χ2v) is 7.05. The molecule has 0 bridgehead atoms. The molecule has 164 valence electrons. The van der Waals surface area contributed by atoms with E-state index in [1.165, 1.54) is 12.3 Å². The number of pyridine rings is 1. The number of nitrogens with one attached hydrogen (secondary N) is 2. The fraction of sp³-hybridized carbons (Fsp3) is 0.227. The molecule has 0 aliphatic heterocycles. The number of aromatic nitrogens is 5. The summed E-state index contributed by atoms with van der Waals surface area (Å²) in [5, 5.41) is 13.2. The molecule has 0 aliphatic rings. The lowest BCUT2D eigenvalue weighted by atomic mass is 10.0. The van der Waals surface area contributed by atoms with Crippen LogP contribution in [0.2, 0.25) is 0 Å². The number of benzene rings is 1. The smallest absolute Gasteiger partial charge is 0.293 e. The van der Waals surface area contributed by atoms with E-state index in [1.807, 2.05) is 26.0 Å². The third-order valence-electron chi connectivity index (χ3n) is 5.06. The Morgan fingerprint density at radius 1 is 1.22 bits per heavy atom. The van der Waals surface area contributed by atoms with E-state index >= 15 is 0 Å². The molecule has 0 aliphatic carbocycles. The molecule has 0 saturated heterocycles. The van der Waals surface area contributed by atoms with E-state index < -0.39 is 5.91 Å². The van der Waals surface area contributed by atoms with Crippen molar-refractivity contribution in [1.29, 1.82) is 0 Å². The number of H-pyrrole nitrogens is 1. The third-order valence-corrected chi connectivity index (χ3v) is 5.06. The predicted octanol–water partition coefficient (Wildman–Crippen LogP) is 2.47. The highest BCUT2D eigenvalue weighted by atomic mass is 16.5. The number of hydroxylamine groups is 1. The molecule has 32 heavy (non-hydrogen) atoms. The van der Waals surface area contributed by atoms with Crippen LogP contribution in [0.3, 0.4) is 0 Å². The minimum atomic E-state index is -0.692. The fourth-order valence-electron chi connectivity index (χ4n) is 3.54. The van der Waals surface area contributed by atoms with Gasteiger partial charge < -0.3 is 9.72 Å². The van der Waals surface area contributed by atoms with Gasteiger partial charge in [-0.1, -0.05) is 19.1 Å². The first-order valence-electron chi connectivity index (χ1n) is 10.1. The maximum Gasteiger partial charge on any atom is 0.293 e. The Balaban J connectivity index is 1.86. The Labute approximate surface area is 182 Å². The zero-order valence-corrected chi connectivity index (χ0v) is 17.8. The van der Waals surface area contributed by atoms with Crippen molar-refractivity contribution in [3.8, 4) is 28.3 Å². The number of fused-ring (bicyclic) bond motifs is 1. The molecule has 10 nitrogen and oxygen atoms in total.